The van der Waals surface area contributed by atoms with E-state index in [0.29, 0.717) is 68.2 Å². The Bertz CT molecular complexity index is 3230. The zero-order valence-corrected chi connectivity index (χ0v) is 47.0. The number of esters is 2. The van der Waals surface area contributed by atoms with Gasteiger partial charge in [-0.15, -0.1) is 0 Å². The van der Waals surface area contributed by atoms with E-state index in [1.807, 2.05) is 49.4 Å². The molecule has 1 unspecified atom stereocenters. The number of hydrogen-bond acceptors (Lipinski definition) is 19. The largest absolute Gasteiger partial charge is 0.488 e. The van der Waals surface area contributed by atoms with Gasteiger partial charge in [0, 0.05) is 49.0 Å². The quantitative estimate of drug-likeness (QED) is 0.0215. The summed E-state index contributed by atoms with van der Waals surface area (Å²) in [6.07, 6.45) is 3.30. The Balaban J connectivity index is 0.000000215. The molecule has 20 nitrogen and oxygen atoms in total. The van der Waals surface area contributed by atoms with Crippen molar-refractivity contribution in [2.45, 2.75) is 80.0 Å². The lowest BCUT2D eigenvalue weighted by Crippen LogP contribution is -2.42. The molecule has 1 atom stereocenters. The van der Waals surface area contributed by atoms with Crippen LogP contribution in [0.1, 0.15) is 98.5 Å². The third-order valence-corrected chi connectivity index (χ3v) is 13.5. The van der Waals surface area contributed by atoms with Crippen LogP contribution in [-0.4, -0.2) is 109 Å². The first-order valence-corrected chi connectivity index (χ1v) is 26.4. The minimum absolute atomic E-state index is 0.0978. The standard InChI is InChI=1S/C32H33N3O5.C12H11BrN2O3.C12H12BrNO4.H3NO/c1-20-5-3-6-26(27-7-4-8-28(33-27)31-21(2)29(32(36)37)34-40-31)30(20)39-19-22-9-10-24-18-35(14-11-23(24)17-22)25-12-15-38-16-13-25;1-3-17-12(16)10-7(2)11(18-15-10)8-5-4-6-9(13)14-8;1-3-18-12(17)11(16)7(2)10(15)8-5-4-6-9(13)14-8;1-2/h3-10,17,25H,11-16,18-19H2,1-2H3,(H,36,37);4-6H,3H2,1-2H3;4-7H,3H2,1-2H3;2H,1H2. The number of carboxylic acids is 1. The van der Waals surface area contributed by atoms with Crippen molar-refractivity contribution in [3.63, 3.8) is 0 Å². The van der Waals surface area contributed by atoms with Crippen LogP contribution in [0.4, 0.5) is 0 Å². The van der Waals surface area contributed by atoms with Crippen molar-refractivity contribution in [2.75, 3.05) is 33.0 Å². The van der Waals surface area contributed by atoms with Crippen LogP contribution >= 0.6 is 31.9 Å². The van der Waals surface area contributed by atoms with E-state index in [9.17, 15) is 29.1 Å². The Morgan fingerprint density at radius 3 is 1.99 bits per heavy atom. The number of hydrogen-bond donors (Lipinski definition) is 3. The van der Waals surface area contributed by atoms with Gasteiger partial charge in [-0.2, -0.15) is 0 Å². The molecule has 4 N–H and O–H groups in total. The van der Waals surface area contributed by atoms with Crippen molar-refractivity contribution >= 4 is 61.3 Å². The number of pyridine rings is 3. The van der Waals surface area contributed by atoms with E-state index in [-0.39, 0.29) is 23.7 Å². The van der Waals surface area contributed by atoms with Gasteiger partial charge in [0.15, 0.2) is 28.7 Å². The minimum Gasteiger partial charge on any atom is -0.488 e. The Morgan fingerprint density at radius 2 is 1.35 bits per heavy atom. The van der Waals surface area contributed by atoms with Gasteiger partial charge in [0.2, 0.25) is 0 Å². The smallest absolute Gasteiger partial charge is 0.375 e. The van der Waals surface area contributed by atoms with E-state index in [4.69, 9.17) is 33.4 Å². The fourth-order valence-corrected chi connectivity index (χ4v) is 9.22. The van der Waals surface area contributed by atoms with Crippen LogP contribution in [0.15, 0.2) is 109 Å². The number of ketones is 2. The Labute approximate surface area is 466 Å². The maximum absolute atomic E-state index is 11.9. The second-order valence-corrected chi connectivity index (χ2v) is 19.3. The average Bonchev–Trinajstić information content (AvgIpc) is 4.06. The van der Waals surface area contributed by atoms with Gasteiger partial charge in [0.1, 0.15) is 38.6 Å². The molecule has 7 heterocycles. The number of benzene rings is 2. The first-order chi connectivity index (χ1) is 37.6. The summed E-state index contributed by atoms with van der Waals surface area (Å²) in [4.78, 5) is 73.4. The monoisotopic (exact) mass is 1200 g/mol. The van der Waals surface area contributed by atoms with Crippen LogP contribution in [0, 0.1) is 26.7 Å². The summed E-state index contributed by atoms with van der Waals surface area (Å²) in [5.74, 6) is 0.0308. The fraction of sp³-hybridized carbons (Fsp3) is 0.321. The van der Waals surface area contributed by atoms with E-state index in [0.717, 1.165) is 68.0 Å². The molecule has 0 radical (unpaired) electrons. The van der Waals surface area contributed by atoms with E-state index in [2.05, 4.69) is 85.9 Å². The predicted molar refractivity (Wildman–Crippen MR) is 292 cm³/mol. The van der Waals surface area contributed by atoms with Crippen molar-refractivity contribution in [1.82, 2.24) is 30.2 Å². The zero-order chi connectivity index (χ0) is 56.5. The van der Waals surface area contributed by atoms with E-state index >= 15 is 0 Å². The van der Waals surface area contributed by atoms with Crippen molar-refractivity contribution < 1.29 is 62.3 Å². The van der Waals surface area contributed by atoms with E-state index in [1.54, 1.807) is 52.0 Å². The van der Waals surface area contributed by atoms with Crippen LogP contribution in [0.25, 0.3) is 34.2 Å². The molecule has 0 aliphatic carbocycles. The number of carbonyl (C=O) groups is 5. The Morgan fingerprint density at radius 1 is 0.744 bits per heavy atom. The Kier molecular flexibility index (Phi) is 22.2. The SMILES string of the molecule is CCOC(=O)C(=O)C(C)C(=O)c1cccc(Br)n1.CCOC(=O)c1noc(-c2cccc(Br)n2)c1C.Cc1cccc(-c2cccc(-c3onc(C(=O)O)c3C)n2)c1OCc1ccc2c(c1)CCN(C1CCOCC1)C2.NO. The third kappa shape index (κ3) is 15.2. The number of nitrogens with two attached hydrogens (primary N) is 1. The molecule has 9 rings (SSSR count). The van der Waals surface area contributed by atoms with Crippen LogP contribution in [0.5, 0.6) is 5.75 Å². The Hall–Kier alpha value is -7.34. The van der Waals surface area contributed by atoms with Crippen LogP contribution in [0.2, 0.25) is 0 Å². The van der Waals surface area contributed by atoms with E-state index in [1.165, 1.54) is 24.1 Å². The molecule has 0 amide bonds. The average molecular weight is 1200 g/mol. The lowest BCUT2D eigenvalue weighted by Gasteiger charge is -2.37. The van der Waals surface area contributed by atoms with Crippen LogP contribution in [-0.2, 0) is 43.4 Å². The molecule has 410 valence electrons. The normalized spacial score (nSPS) is 13.4. The number of nitrogens with zero attached hydrogens (tertiary/aromatic N) is 6. The second-order valence-electron chi connectivity index (χ2n) is 17.7. The highest BCUT2D eigenvalue weighted by Gasteiger charge is 2.31. The summed E-state index contributed by atoms with van der Waals surface area (Å²) < 4.78 is 33.1. The molecule has 5 aromatic heterocycles. The van der Waals surface area contributed by atoms with Gasteiger partial charge in [0.25, 0.3) is 5.78 Å². The number of carboxylic acid groups (broad SMARTS) is 1. The number of aromatic nitrogens is 5. The number of aryl methyl sites for hydroxylation is 1. The molecule has 78 heavy (non-hydrogen) atoms. The molecule has 2 aromatic carbocycles. The summed E-state index contributed by atoms with van der Waals surface area (Å²) in [5.41, 5.74) is 8.97. The number of ether oxygens (including phenoxy) is 4. The van der Waals surface area contributed by atoms with Gasteiger partial charge >= 0.3 is 17.9 Å². The fourth-order valence-electron chi connectivity index (χ4n) is 8.53. The van der Waals surface area contributed by atoms with Crippen molar-refractivity contribution in [2.24, 2.45) is 11.8 Å². The van der Waals surface area contributed by atoms with E-state index < -0.39 is 35.4 Å². The molecule has 2 aliphatic heterocycles. The van der Waals surface area contributed by atoms with Crippen LogP contribution in [0.3, 0.4) is 0 Å². The molecule has 2 aliphatic rings. The van der Waals surface area contributed by atoms with Crippen LogP contribution < -0.4 is 10.6 Å². The van der Waals surface area contributed by atoms with Gasteiger partial charge in [-0.1, -0.05) is 58.8 Å². The second kappa shape index (κ2) is 28.9. The number of para-hydroxylation sites is 1. The highest BCUT2D eigenvalue weighted by molar-refractivity contribution is 9.10. The molecular weight excluding hydrogens is 1140 g/mol. The molecule has 0 bridgehead atoms. The molecule has 22 heteroatoms. The molecule has 1 fully saturated rings. The maximum atomic E-state index is 11.9. The molecule has 7 aromatic rings. The first kappa shape index (κ1) is 59.9. The molecular formula is C56H59Br2N7O13. The molecule has 1 saturated heterocycles. The highest BCUT2D eigenvalue weighted by atomic mass is 79.9. The molecule has 0 spiro atoms. The first-order valence-electron chi connectivity index (χ1n) is 24.8. The summed E-state index contributed by atoms with van der Waals surface area (Å²) in [6, 6.07) is 29.1. The molecule has 0 saturated carbocycles. The van der Waals surface area contributed by atoms with Gasteiger partial charge in [-0.05, 0) is 157 Å². The lowest BCUT2D eigenvalue weighted by atomic mass is 9.95. The number of rotatable bonds is 15. The maximum Gasteiger partial charge on any atom is 0.375 e. The number of fused-ring (bicyclic) bond motifs is 1. The lowest BCUT2D eigenvalue weighted by molar-refractivity contribution is -0.154. The number of Topliss-reactive ketones (excluding diaryl/α,β-unsaturated/α-hetero) is 2. The highest BCUT2D eigenvalue weighted by Crippen LogP contribution is 2.35. The zero-order valence-electron chi connectivity index (χ0n) is 43.8. The van der Waals surface area contributed by atoms with Crippen molar-refractivity contribution in [3.05, 3.63) is 151 Å². The number of aromatic carboxylic acids is 1. The topological polar surface area (TPSA) is 283 Å². The van der Waals surface area contributed by atoms with Crippen molar-refractivity contribution in [3.8, 4) is 39.9 Å². The summed E-state index contributed by atoms with van der Waals surface area (Å²) in [5, 5.41) is 23.3. The van der Waals surface area contributed by atoms with Gasteiger partial charge in [-0.25, -0.2) is 35.2 Å². The van der Waals surface area contributed by atoms with Crippen molar-refractivity contribution in [1.29, 1.82) is 0 Å². The van der Waals surface area contributed by atoms with Gasteiger partial charge in [-0.3, -0.25) is 14.5 Å². The van der Waals surface area contributed by atoms with Gasteiger partial charge < -0.3 is 38.3 Å². The predicted octanol–water partition coefficient (Wildman–Crippen LogP) is 9.95. The summed E-state index contributed by atoms with van der Waals surface area (Å²) >= 11 is 6.41. The number of carbonyl (C=O) groups excluding carboxylic acids is 4. The third-order valence-electron chi connectivity index (χ3n) is 12.6. The summed E-state index contributed by atoms with van der Waals surface area (Å²) in [7, 11) is 0. The minimum atomic E-state index is -1.13. The summed E-state index contributed by atoms with van der Waals surface area (Å²) in [6.45, 7) is 14.8. The van der Waals surface area contributed by atoms with Gasteiger partial charge in [0.05, 0.1) is 24.8 Å². The number of halogens is 2.